The number of nitrogens with one attached hydrogen (secondary N) is 1. The second-order valence-corrected chi connectivity index (χ2v) is 9.77. The van der Waals surface area contributed by atoms with E-state index in [0.717, 1.165) is 11.1 Å². The zero-order valence-electron chi connectivity index (χ0n) is 21.1. The number of methoxy groups -OCH3 is 3. The molecule has 0 saturated heterocycles. The van der Waals surface area contributed by atoms with Gasteiger partial charge in [0.25, 0.3) is 15.9 Å². The van der Waals surface area contributed by atoms with E-state index in [4.69, 9.17) is 25.2 Å². The number of amides is 1. The standard InChI is InChI=1S/C25H25N5O7S/c1-6-22(31)29(2)13-17-12-26-30(15-17)14-16-10-20(36-5)23-21(11-16)37-27-25(23)28-38(32,33)24-18(34-3)8-7-9-19(24)35-4/h1,7-12,15H,13-14H2,2-5H3,(H,27,28). The maximum absolute atomic E-state index is 13.3. The Hall–Kier alpha value is -4.70. The predicted octanol–water partition coefficient (Wildman–Crippen LogP) is 2.49. The largest absolute Gasteiger partial charge is 0.496 e. The van der Waals surface area contributed by atoms with E-state index in [-0.39, 0.29) is 22.2 Å². The number of terminal acetylenes is 1. The van der Waals surface area contributed by atoms with Crippen LogP contribution >= 0.6 is 0 Å². The summed E-state index contributed by atoms with van der Waals surface area (Å²) in [5, 5.41) is 8.60. The Labute approximate surface area is 219 Å². The summed E-state index contributed by atoms with van der Waals surface area (Å²) in [6, 6.07) is 8.08. The van der Waals surface area contributed by atoms with Gasteiger partial charge in [0.2, 0.25) is 0 Å². The Morgan fingerprint density at radius 1 is 1.13 bits per heavy atom. The highest BCUT2D eigenvalue weighted by Gasteiger charge is 2.28. The Morgan fingerprint density at radius 2 is 1.82 bits per heavy atom. The second-order valence-electron chi connectivity index (χ2n) is 8.15. The number of aromatic nitrogens is 3. The molecule has 0 saturated carbocycles. The highest BCUT2D eigenvalue weighted by Crippen LogP contribution is 2.38. The van der Waals surface area contributed by atoms with E-state index in [1.165, 1.54) is 38.4 Å². The van der Waals surface area contributed by atoms with Crippen LogP contribution in [-0.2, 0) is 27.9 Å². The van der Waals surface area contributed by atoms with Crippen molar-refractivity contribution in [3.8, 4) is 29.6 Å². The molecule has 0 unspecified atom stereocenters. The number of hydrogen-bond donors (Lipinski definition) is 1. The number of ether oxygens (including phenoxy) is 3. The van der Waals surface area contributed by atoms with E-state index < -0.39 is 15.9 Å². The number of fused-ring (bicyclic) bond motifs is 1. The lowest BCUT2D eigenvalue weighted by Gasteiger charge is -2.14. The maximum Gasteiger partial charge on any atom is 0.298 e. The number of anilines is 1. The molecule has 198 valence electrons. The summed E-state index contributed by atoms with van der Waals surface area (Å²) in [4.78, 5) is 12.9. The summed E-state index contributed by atoms with van der Waals surface area (Å²) >= 11 is 0. The molecule has 38 heavy (non-hydrogen) atoms. The predicted molar refractivity (Wildman–Crippen MR) is 138 cm³/mol. The minimum Gasteiger partial charge on any atom is -0.496 e. The van der Waals surface area contributed by atoms with Gasteiger partial charge in [-0.2, -0.15) is 5.10 Å². The van der Waals surface area contributed by atoms with Gasteiger partial charge in [-0.3, -0.25) is 14.2 Å². The zero-order valence-corrected chi connectivity index (χ0v) is 21.9. The van der Waals surface area contributed by atoms with Crippen molar-refractivity contribution in [2.75, 3.05) is 33.1 Å². The molecule has 0 spiro atoms. The fourth-order valence-electron chi connectivity index (χ4n) is 3.89. The molecule has 0 fully saturated rings. The second kappa shape index (κ2) is 10.7. The van der Waals surface area contributed by atoms with Gasteiger partial charge in [0.1, 0.15) is 22.6 Å². The van der Waals surface area contributed by atoms with Crippen molar-refractivity contribution in [1.82, 2.24) is 19.8 Å². The van der Waals surface area contributed by atoms with Crippen LogP contribution in [-0.4, -0.2) is 62.5 Å². The van der Waals surface area contributed by atoms with Crippen molar-refractivity contribution in [3.05, 3.63) is 53.9 Å². The van der Waals surface area contributed by atoms with Crippen LogP contribution in [0.2, 0.25) is 0 Å². The summed E-state index contributed by atoms with van der Waals surface area (Å²) in [5.41, 5.74) is 1.86. The SMILES string of the molecule is C#CC(=O)N(C)Cc1cnn(Cc2cc(OC)c3c(NS(=O)(=O)c4c(OC)cccc4OC)noc3c2)c1. The molecule has 2 heterocycles. The van der Waals surface area contributed by atoms with Crippen molar-refractivity contribution in [2.24, 2.45) is 0 Å². The van der Waals surface area contributed by atoms with Gasteiger partial charge in [-0.15, -0.1) is 6.42 Å². The lowest BCUT2D eigenvalue weighted by Crippen LogP contribution is -2.24. The number of carbonyl (C=O) groups excluding carboxylic acids is 1. The van der Waals surface area contributed by atoms with E-state index in [2.05, 4.69) is 20.9 Å². The quantitative estimate of drug-likeness (QED) is 0.301. The summed E-state index contributed by atoms with van der Waals surface area (Å²) in [6.07, 6.45) is 8.59. The maximum atomic E-state index is 13.3. The Kier molecular flexibility index (Phi) is 7.45. The van der Waals surface area contributed by atoms with Crippen LogP contribution < -0.4 is 18.9 Å². The van der Waals surface area contributed by atoms with Gasteiger partial charge >= 0.3 is 0 Å². The molecule has 4 aromatic rings. The van der Waals surface area contributed by atoms with Gasteiger partial charge in [-0.05, 0) is 35.7 Å². The number of sulfonamides is 1. The van der Waals surface area contributed by atoms with Crippen molar-refractivity contribution in [3.63, 3.8) is 0 Å². The highest BCUT2D eigenvalue weighted by atomic mass is 32.2. The van der Waals surface area contributed by atoms with Gasteiger partial charge < -0.3 is 23.6 Å². The molecule has 12 nitrogen and oxygen atoms in total. The molecule has 2 aromatic heterocycles. The third-order valence-corrected chi connectivity index (χ3v) is 7.02. The van der Waals surface area contributed by atoms with Crippen LogP contribution in [0.15, 0.2) is 52.1 Å². The number of rotatable bonds is 10. The summed E-state index contributed by atoms with van der Waals surface area (Å²) in [5.74, 6) is 2.14. The Bertz CT molecular complexity index is 1610. The minimum absolute atomic E-state index is 0.0565. The molecule has 0 atom stereocenters. The first-order valence-corrected chi connectivity index (χ1v) is 12.6. The van der Waals surface area contributed by atoms with E-state index in [0.29, 0.717) is 29.8 Å². The molecule has 1 N–H and O–H groups in total. The molecule has 2 aromatic carbocycles. The van der Waals surface area contributed by atoms with Gasteiger partial charge in [0.05, 0.1) is 34.1 Å². The fraction of sp³-hybridized carbons (Fsp3) is 0.240. The molecule has 0 aliphatic heterocycles. The fourth-order valence-corrected chi connectivity index (χ4v) is 5.22. The number of carbonyl (C=O) groups is 1. The number of benzene rings is 2. The lowest BCUT2D eigenvalue weighted by atomic mass is 10.1. The monoisotopic (exact) mass is 539 g/mol. The number of nitrogens with zero attached hydrogens (tertiary/aromatic N) is 4. The van der Waals surface area contributed by atoms with Crippen molar-refractivity contribution >= 4 is 32.7 Å². The molecule has 4 rings (SSSR count). The van der Waals surface area contributed by atoms with Crippen molar-refractivity contribution < 1.29 is 31.9 Å². The molecule has 0 aliphatic carbocycles. The van der Waals surface area contributed by atoms with E-state index in [1.54, 1.807) is 42.3 Å². The first-order chi connectivity index (χ1) is 18.2. The van der Waals surface area contributed by atoms with Crippen LogP contribution in [0.4, 0.5) is 5.82 Å². The van der Waals surface area contributed by atoms with Gasteiger partial charge in [-0.1, -0.05) is 11.2 Å². The first-order valence-electron chi connectivity index (χ1n) is 11.1. The molecule has 1 amide bonds. The molecule has 0 aliphatic rings. The van der Waals surface area contributed by atoms with E-state index >= 15 is 0 Å². The molecular formula is C25H25N5O7S. The van der Waals surface area contributed by atoms with E-state index in [9.17, 15) is 13.2 Å². The van der Waals surface area contributed by atoms with Crippen LogP contribution in [0.25, 0.3) is 11.0 Å². The molecular weight excluding hydrogens is 514 g/mol. The van der Waals surface area contributed by atoms with Crippen LogP contribution in [0.5, 0.6) is 17.2 Å². The van der Waals surface area contributed by atoms with Gasteiger partial charge in [-0.25, -0.2) is 8.42 Å². The molecule has 13 heteroatoms. The Balaban J connectivity index is 1.62. The van der Waals surface area contributed by atoms with Crippen LogP contribution in [0.3, 0.4) is 0 Å². The average molecular weight is 540 g/mol. The molecule has 0 radical (unpaired) electrons. The number of hydrogen-bond acceptors (Lipinski definition) is 9. The average Bonchev–Trinajstić information content (AvgIpc) is 3.53. The van der Waals surface area contributed by atoms with Crippen LogP contribution in [0, 0.1) is 12.3 Å². The van der Waals surface area contributed by atoms with Crippen molar-refractivity contribution in [1.29, 1.82) is 0 Å². The summed E-state index contributed by atoms with van der Waals surface area (Å²) < 4.78 is 52.2. The third kappa shape index (κ3) is 5.21. The summed E-state index contributed by atoms with van der Waals surface area (Å²) in [6.45, 7) is 0.660. The van der Waals surface area contributed by atoms with Gasteiger partial charge in [0, 0.05) is 25.4 Å². The smallest absolute Gasteiger partial charge is 0.298 e. The minimum atomic E-state index is -4.19. The van der Waals surface area contributed by atoms with E-state index in [1.807, 2.05) is 0 Å². The normalized spacial score (nSPS) is 11.1. The lowest BCUT2D eigenvalue weighted by molar-refractivity contribution is -0.124. The van der Waals surface area contributed by atoms with Crippen molar-refractivity contribution in [2.45, 2.75) is 18.0 Å². The summed E-state index contributed by atoms with van der Waals surface area (Å²) in [7, 11) is 1.60. The van der Waals surface area contributed by atoms with Gasteiger partial charge in [0.15, 0.2) is 16.3 Å². The molecule has 0 bridgehead atoms. The topological polar surface area (TPSA) is 138 Å². The zero-order chi connectivity index (χ0) is 27.4. The van der Waals surface area contributed by atoms with Crippen LogP contribution in [0.1, 0.15) is 11.1 Å². The third-order valence-electron chi connectivity index (χ3n) is 5.62. The first kappa shape index (κ1) is 26.4. The highest BCUT2D eigenvalue weighted by molar-refractivity contribution is 7.93. The Morgan fingerprint density at radius 3 is 2.45 bits per heavy atom.